The lowest BCUT2D eigenvalue weighted by molar-refractivity contribution is 0.0471. The summed E-state index contributed by atoms with van der Waals surface area (Å²) < 4.78 is 10.5. The fourth-order valence-corrected chi connectivity index (χ4v) is 8.35. The van der Waals surface area contributed by atoms with Crippen molar-refractivity contribution in [1.82, 2.24) is 33.9 Å². The number of methoxy groups -OCH3 is 1. The van der Waals surface area contributed by atoms with Gasteiger partial charge in [-0.05, 0) is 80.0 Å². The van der Waals surface area contributed by atoms with Crippen LogP contribution in [0.4, 0.5) is 0 Å². The molecule has 2 aliphatic heterocycles. The van der Waals surface area contributed by atoms with Crippen molar-refractivity contribution < 1.29 is 14.3 Å². The number of amides is 2. The molecule has 2 N–H and O–H groups in total. The number of hydrogen-bond donors (Lipinski definition) is 1. The molecule has 12 heteroatoms. The summed E-state index contributed by atoms with van der Waals surface area (Å²) in [6.07, 6.45) is 7.84. The van der Waals surface area contributed by atoms with Gasteiger partial charge in [0.05, 0.1) is 18.3 Å². The summed E-state index contributed by atoms with van der Waals surface area (Å²) >= 11 is 6.07. The van der Waals surface area contributed by atoms with Crippen molar-refractivity contribution in [3.8, 4) is 17.3 Å². The molecule has 2 unspecified atom stereocenters. The Labute approximate surface area is 282 Å². The third-order valence-corrected chi connectivity index (χ3v) is 11.1. The van der Waals surface area contributed by atoms with Crippen LogP contribution in [0.15, 0.2) is 54.9 Å². The maximum atomic E-state index is 13.9. The molecule has 2 saturated carbocycles. The highest BCUT2D eigenvalue weighted by atomic mass is 35.5. The van der Waals surface area contributed by atoms with Gasteiger partial charge >= 0.3 is 0 Å². The number of carbonyl (C=O) groups is 2. The van der Waals surface area contributed by atoms with Crippen molar-refractivity contribution in [2.75, 3.05) is 26.7 Å². The van der Waals surface area contributed by atoms with Gasteiger partial charge in [-0.25, -0.2) is 15.0 Å². The second-order valence-electron chi connectivity index (χ2n) is 14.0. The van der Waals surface area contributed by atoms with E-state index in [2.05, 4.69) is 26.3 Å². The molecule has 3 atom stereocenters. The van der Waals surface area contributed by atoms with Crippen LogP contribution in [0.2, 0.25) is 5.15 Å². The van der Waals surface area contributed by atoms with E-state index in [1.807, 2.05) is 34.2 Å². The van der Waals surface area contributed by atoms with Crippen LogP contribution in [0, 0.1) is 17.8 Å². The zero-order chi connectivity index (χ0) is 32.7. The third kappa shape index (κ3) is 4.85. The highest BCUT2D eigenvalue weighted by molar-refractivity contribution is 6.29. The van der Waals surface area contributed by atoms with Gasteiger partial charge in [-0.1, -0.05) is 11.6 Å². The average Bonchev–Trinajstić information content (AvgIpc) is 3.43. The molecule has 48 heavy (non-hydrogen) atoms. The molecule has 2 amide bonds. The SMILES string of the molecule is COc1cc(C(=O)N2CC3CCC2[C@@H]3N)cc2nc(-c3cc4cccnc4n3CC3CC3)n(CC3CN(C(=O)c4ccnc(Cl)c4)C3)c12. The number of fused-ring (bicyclic) bond motifs is 4. The van der Waals surface area contributed by atoms with E-state index < -0.39 is 0 Å². The number of rotatable bonds is 8. The molecule has 2 saturated heterocycles. The first-order valence-corrected chi connectivity index (χ1v) is 17.2. The summed E-state index contributed by atoms with van der Waals surface area (Å²) in [5.41, 5.74) is 11.0. The zero-order valence-electron chi connectivity index (χ0n) is 26.8. The molecule has 2 bridgehead atoms. The first kappa shape index (κ1) is 29.6. The van der Waals surface area contributed by atoms with Gasteiger partial charge in [0.25, 0.3) is 11.8 Å². The standard InChI is InChI=1S/C36H37ClN8O3/c1-48-29-13-25(36(47)44-19-24-6-7-27(44)31(24)38)11-26-32(29)45(18-21-15-42(16-21)35(46)23-8-10-39-30(37)14-23)34(41-26)28-12-22-3-2-9-40-33(22)43(28)17-20-4-5-20/h2-3,8-14,20-21,24,27,31H,4-7,15-19,38H2,1H3/t24?,27?,31-/m1/s1. The van der Waals surface area contributed by atoms with Gasteiger partial charge in [0.2, 0.25) is 0 Å². The molecule has 6 heterocycles. The quantitative estimate of drug-likeness (QED) is 0.235. The molecule has 9 rings (SSSR count). The Morgan fingerprint density at radius 1 is 0.917 bits per heavy atom. The highest BCUT2D eigenvalue weighted by Crippen LogP contribution is 2.41. The monoisotopic (exact) mass is 664 g/mol. The lowest BCUT2D eigenvalue weighted by Gasteiger charge is -2.39. The van der Waals surface area contributed by atoms with Crippen LogP contribution in [0.5, 0.6) is 5.75 Å². The molecule has 4 fully saturated rings. The molecule has 0 radical (unpaired) electrons. The number of pyridine rings is 2. The zero-order valence-corrected chi connectivity index (χ0v) is 27.5. The van der Waals surface area contributed by atoms with Gasteiger partial charge in [0.1, 0.15) is 22.1 Å². The molecular weight excluding hydrogens is 628 g/mol. The number of halogens is 1. The van der Waals surface area contributed by atoms with E-state index in [1.54, 1.807) is 25.4 Å². The molecule has 5 aromatic rings. The number of likely N-dealkylation sites (tertiary alicyclic amines) is 2. The van der Waals surface area contributed by atoms with Gasteiger partial charge in [-0.15, -0.1) is 0 Å². The normalized spacial score (nSPS) is 22.2. The first-order chi connectivity index (χ1) is 23.4. The van der Waals surface area contributed by atoms with E-state index in [9.17, 15) is 9.59 Å². The van der Waals surface area contributed by atoms with Gasteiger partial charge in [-0.3, -0.25) is 9.59 Å². The predicted molar refractivity (Wildman–Crippen MR) is 182 cm³/mol. The van der Waals surface area contributed by atoms with Crippen LogP contribution in [0.1, 0.15) is 46.4 Å². The minimum absolute atomic E-state index is 0.0228. The van der Waals surface area contributed by atoms with E-state index in [0.29, 0.717) is 65.6 Å². The number of nitrogens with zero attached hydrogens (tertiary/aromatic N) is 7. The van der Waals surface area contributed by atoms with Crippen LogP contribution in [0.25, 0.3) is 33.6 Å². The number of carbonyl (C=O) groups excluding carboxylic acids is 2. The number of piperidine rings is 1. The molecule has 2 aliphatic carbocycles. The van der Waals surface area contributed by atoms with Gasteiger partial charge in [0.15, 0.2) is 5.82 Å². The van der Waals surface area contributed by atoms with Gasteiger partial charge in [-0.2, -0.15) is 0 Å². The van der Waals surface area contributed by atoms with E-state index >= 15 is 0 Å². The minimum atomic E-state index is -0.0574. The predicted octanol–water partition coefficient (Wildman–Crippen LogP) is 4.85. The van der Waals surface area contributed by atoms with Crippen molar-refractivity contribution in [2.45, 2.75) is 50.9 Å². The number of ether oxygens (including phenoxy) is 1. The molecular formula is C36H37ClN8O3. The Balaban J connectivity index is 1.12. The summed E-state index contributed by atoms with van der Waals surface area (Å²) in [4.78, 5) is 45.0. The van der Waals surface area contributed by atoms with Crippen LogP contribution >= 0.6 is 11.6 Å². The molecule has 0 spiro atoms. The second kappa shape index (κ2) is 11.3. The Hall–Kier alpha value is -4.48. The van der Waals surface area contributed by atoms with Gasteiger partial charge in [0, 0.05) is 79.6 Å². The summed E-state index contributed by atoms with van der Waals surface area (Å²) in [6.45, 7) is 3.39. The number of benzene rings is 1. The Kier molecular flexibility index (Phi) is 6.98. The van der Waals surface area contributed by atoms with Crippen molar-refractivity contribution in [3.05, 3.63) is 71.1 Å². The largest absolute Gasteiger partial charge is 0.494 e. The van der Waals surface area contributed by atoms with Crippen molar-refractivity contribution >= 4 is 45.5 Å². The average molecular weight is 665 g/mol. The highest BCUT2D eigenvalue weighted by Gasteiger charge is 2.47. The molecule has 4 aliphatic rings. The number of imidazole rings is 1. The van der Waals surface area contributed by atoms with Crippen molar-refractivity contribution in [2.24, 2.45) is 23.5 Å². The number of aromatic nitrogens is 5. The maximum absolute atomic E-state index is 13.9. The van der Waals surface area contributed by atoms with E-state index in [1.165, 1.54) is 12.8 Å². The summed E-state index contributed by atoms with van der Waals surface area (Å²) in [5.74, 6) is 2.50. The van der Waals surface area contributed by atoms with E-state index in [4.69, 9.17) is 32.0 Å². The van der Waals surface area contributed by atoms with Crippen molar-refractivity contribution in [3.63, 3.8) is 0 Å². The first-order valence-electron chi connectivity index (χ1n) is 16.9. The van der Waals surface area contributed by atoms with Crippen LogP contribution in [-0.2, 0) is 13.1 Å². The van der Waals surface area contributed by atoms with E-state index in [0.717, 1.165) is 47.5 Å². The lowest BCUT2D eigenvalue weighted by atomic mass is 9.98. The van der Waals surface area contributed by atoms with Crippen LogP contribution < -0.4 is 10.5 Å². The fraction of sp³-hybridized carbons (Fsp3) is 0.417. The second-order valence-corrected chi connectivity index (χ2v) is 14.4. The van der Waals surface area contributed by atoms with Crippen LogP contribution in [-0.4, -0.2) is 84.5 Å². The summed E-state index contributed by atoms with van der Waals surface area (Å²) in [7, 11) is 1.64. The fourth-order valence-electron chi connectivity index (χ4n) is 8.17. The topological polar surface area (TPSA) is 124 Å². The van der Waals surface area contributed by atoms with Crippen LogP contribution in [0.3, 0.4) is 0 Å². The van der Waals surface area contributed by atoms with Gasteiger partial charge < -0.3 is 29.4 Å². The van der Waals surface area contributed by atoms with E-state index in [-0.39, 0.29) is 29.8 Å². The molecule has 1 aromatic carbocycles. The Bertz CT molecular complexity index is 2100. The Morgan fingerprint density at radius 2 is 1.75 bits per heavy atom. The molecule has 11 nitrogen and oxygen atoms in total. The maximum Gasteiger partial charge on any atom is 0.254 e. The lowest BCUT2D eigenvalue weighted by Crippen LogP contribution is -2.51. The molecule has 4 aromatic heterocycles. The number of nitrogens with two attached hydrogens (primary N) is 1. The smallest absolute Gasteiger partial charge is 0.254 e. The summed E-state index contributed by atoms with van der Waals surface area (Å²) in [6, 6.07) is 13.4. The molecule has 246 valence electrons. The Morgan fingerprint density at radius 3 is 2.48 bits per heavy atom. The minimum Gasteiger partial charge on any atom is -0.494 e. The summed E-state index contributed by atoms with van der Waals surface area (Å²) in [5, 5.41) is 1.36. The van der Waals surface area contributed by atoms with Crippen molar-refractivity contribution in [1.29, 1.82) is 0 Å². The third-order valence-electron chi connectivity index (χ3n) is 10.9. The number of hydrogen-bond acceptors (Lipinski definition) is 7.